The Morgan fingerprint density at radius 1 is 0.585 bits per heavy atom. The molecule has 7 heteroatoms. The van der Waals surface area contributed by atoms with E-state index in [1.165, 1.54) is 163 Å². The Kier molecular flexibility index (Phi) is 16.8. The maximum atomic E-state index is 12.1. The summed E-state index contributed by atoms with van der Waals surface area (Å²) in [6.07, 6.45) is 37.9. The number of amides is 2. The number of unbranched alkanes of at least 4 members (excludes halogenated alkanes) is 4. The number of halogens is 2. The molecule has 0 aromatic carbocycles. The summed E-state index contributed by atoms with van der Waals surface area (Å²) in [7, 11) is 0. The first-order chi connectivity index (χ1) is 31.1. The molecular weight excluding hydrogens is 1030 g/mol. The van der Waals surface area contributed by atoms with Crippen LogP contribution in [0.4, 0.5) is 0 Å². The van der Waals surface area contributed by atoms with E-state index in [9.17, 15) is 9.59 Å². The van der Waals surface area contributed by atoms with E-state index in [-0.39, 0.29) is 23.9 Å². The van der Waals surface area contributed by atoms with Gasteiger partial charge in [-0.3, -0.25) is 9.59 Å². The van der Waals surface area contributed by atoms with Gasteiger partial charge in [0.2, 0.25) is 11.8 Å². The standard InChI is InChI=1S/C58H94I2N2O3/c1-37(61-39(3)63)47-21-23-49-45-19-17-43-35-41(25-29-55(43,5)51(45)27-31-57(47,49)7)53(15-11-9-13-33-59)65-54(16-12-10-14-34-60)42-26-30-56(6)44(36-42)18-20-46-50-24-22-48(38(2)62-40(4)64)58(50,8)32-28-52(46)56/h17-18,37-38,41-42,45-54H,9-16,19-36H2,1-8H3,(H,61,63)(H,62,64)/t37-,38-,41+,42+,45?,46?,47-,48-,49?,50?,51?,52?,53?,54?,55+,56+,57-,58-/m1/s1. The zero-order valence-corrected chi connectivity index (χ0v) is 46.9. The van der Waals surface area contributed by atoms with Crippen LogP contribution in [0.1, 0.15) is 209 Å². The first kappa shape index (κ1) is 51.2. The minimum atomic E-state index is 0.130. The predicted octanol–water partition coefficient (Wildman–Crippen LogP) is 15.2. The van der Waals surface area contributed by atoms with Gasteiger partial charge in [0.05, 0.1) is 12.2 Å². The smallest absolute Gasteiger partial charge is 0.217 e. The topological polar surface area (TPSA) is 67.4 Å². The van der Waals surface area contributed by atoms with Crippen molar-refractivity contribution in [1.82, 2.24) is 10.6 Å². The Hall–Kier alpha value is -0.160. The van der Waals surface area contributed by atoms with Crippen LogP contribution < -0.4 is 10.6 Å². The summed E-state index contributed by atoms with van der Waals surface area (Å²) in [5.41, 5.74) is 5.01. The summed E-state index contributed by atoms with van der Waals surface area (Å²) >= 11 is 5.16. The van der Waals surface area contributed by atoms with Crippen LogP contribution in [0.3, 0.4) is 0 Å². The molecule has 8 unspecified atom stereocenters. The lowest BCUT2D eigenvalue weighted by molar-refractivity contribution is -0.121. The van der Waals surface area contributed by atoms with Gasteiger partial charge < -0.3 is 15.4 Å². The third-order valence-electron chi connectivity index (χ3n) is 22.1. The van der Waals surface area contributed by atoms with Gasteiger partial charge in [0.1, 0.15) is 0 Å². The van der Waals surface area contributed by atoms with Gasteiger partial charge >= 0.3 is 0 Å². The highest BCUT2D eigenvalue weighted by molar-refractivity contribution is 14.1. The molecule has 2 N–H and O–H groups in total. The Morgan fingerprint density at radius 3 is 1.38 bits per heavy atom. The molecule has 0 aromatic heterocycles. The third-order valence-corrected chi connectivity index (χ3v) is 23.7. The van der Waals surface area contributed by atoms with Crippen molar-refractivity contribution >= 4 is 57.0 Å². The number of nitrogens with one attached hydrogen (secondary N) is 2. The fourth-order valence-electron chi connectivity index (χ4n) is 18.9. The van der Waals surface area contributed by atoms with Crippen LogP contribution in [0.25, 0.3) is 0 Å². The third kappa shape index (κ3) is 10.1. The van der Waals surface area contributed by atoms with Gasteiger partial charge in [0.15, 0.2) is 0 Å². The minimum absolute atomic E-state index is 0.130. The SMILES string of the molecule is CC(=O)N[C@H](C)[C@H]1CCC2C3CC=C4C[C@@H](C(CCCCCI)OC(CCCCCI)[C@H]5CC[C@@]6(C)C(=CCC7C6CC[C@@]6(C)C7CC[C@@H]6[C@@H](C)NC(C)=O)C5)CC[C@]4(C)C3CC[C@@]21C. The van der Waals surface area contributed by atoms with Crippen molar-refractivity contribution < 1.29 is 14.3 Å². The molecule has 0 aliphatic heterocycles. The van der Waals surface area contributed by atoms with Gasteiger partial charge in [-0.1, -0.05) is 122 Å². The first-order valence-corrected chi connectivity index (χ1v) is 30.8. The molecule has 8 aliphatic rings. The second kappa shape index (κ2) is 21.3. The zero-order valence-electron chi connectivity index (χ0n) is 42.6. The average Bonchev–Trinajstić information content (AvgIpc) is 3.81. The molecule has 0 saturated heterocycles. The van der Waals surface area contributed by atoms with Gasteiger partial charge in [-0.05, 0) is 232 Å². The van der Waals surface area contributed by atoms with Crippen molar-refractivity contribution in [3.63, 3.8) is 0 Å². The number of fused-ring (bicyclic) bond motifs is 10. The lowest BCUT2D eigenvalue weighted by atomic mass is 9.46. The summed E-state index contributed by atoms with van der Waals surface area (Å²) in [6.45, 7) is 18.6. The van der Waals surface area contributed by atoms with Crippen LogP contribution in [-0.2, 0) is 14.3 Å². The molecule has 2 amide bonds. The number of rotatable bonds is 18. The molecule has 18 atom stereocenters. The van der Waals surface area contributed by atoms with Gasteiger partial charge in [-0.25, -0.2) is 0 Å². The van der Waals surface area contributed by atoms with Gasteiger partial charge in [0.25, 0.3) is 0 Å². The van der Waals surface area contributed by atoms with E-state index in [1.807, 2.05) is 11.1 Å². The van der Waals surface area contributed by atoms with E-state index in [0.29, 0.717) is 57.5 Å². The van der Waals surface area contributed by atoms with Crippen molar-refractivity contribution in [3.8, 4) is 0 Å². The molecule has 6 fully saturated rings. The monoisotopic (exact) mass is 1120 g/mol. The van der Waals surface area contributed by atoms with Gasteiger partial charge in [-0.15, -0.1) is 0 Å². The van der Waals surface area contributed by atoms with Crippen LogP contribution >= 0.6 is 45.2 Å². The highest BCUT2D eigenvalue weighted by Gasteiger charge is 2.61. The fourth-order valence-corrected chi connectivity index (χ4v) is 19.9. The van der Waals surface area contributed by atoms with E-state index >= 15 is 0 Å². The number of allylic oxidation sites excluding steroid dienone is 4. The second-order valence-corrected chi connectivity index (χ2v) is 27.4. The molecule has 368 valence electrons. The molecule has 0 aromatic rings. The molecule has 0 heterocycles. The summed E-state index contributed by atoms with van der Waals surface area (Å²) in [4.78, 5) is 24.2. The Bertz CT molecular complexity index is 1610. The maximum absolute atomic E-state index is 12.1. The number of alkyl halides is 2. The predicted molar refractivity (Wildman–Crippen MR) is 287 cm³/mol. The molecule has 0 spiro atoms. The number of hydrogen-bond donors (Lipinski definition) is 2. The van der Waals surface area contributed by atoms with E-state index in [2.05, 4.69) is 110 Å². The van der Waals surface area contributed by atoms with E-state index < -0.39 is 0 Å². The Morgan fingerprint density at radius 2 is 1.00 bits per heavy atom. The van der Waals surface area contributed by atoms with Crippen LogP contribution in [0.5, 0.6) is 0 Å². The Labute approximate surface area is 425 Å². The summed E-state index contributed by atoms with van der Waals surface area (Å²) in [5, 5.41) is 6.64. The summed E-state index contributed by atoms with van der Waals surface area (Å²) in [5.74, 6) is 7.56. The van der Waals surface area contributed by atoms with Crippen molar-refractivity contribution in [2.75, 3.05) is 8.86 Å². The summed E-state index contributed by atoms with van der Waals surface area (Å²) in [6, 6.07) is 0.547. The molecule has 0 radical (unpaired) electrons. The Balaban J connectivity index is 0.977. The van der Waals surface area contributed by atoms with Crippen LogP contribution in [0.2, 0.25) is 0 Å². The fraction of sp³-hybridized carbons (Fsp3) is 0.897. The lowest BCUT2D eigenvalue weighted by Gasteiger charge is -2.59. The van der Waals surface area contributed by atoms with Crippen LogP contribution in [-0.4, -0.2) is 45.0 Å². The number of carbonyl (C=O) groups is 2. The molecule has 0 bridgehead atoms. The van der Waals surface area contributed by atoms with Crippen molar-refractivity contribution in [1.29, 1.82) is 0 Å². The van der Waals surface area contributed by atoms with Gasteiger partial charge in [-0.2, -0.15) is 0 Å². The number of ether oxygens (including phenoxy) is 1. The molecule has 8 aliphatic carbocycles. The molecule has 65 heavy (non-hydrogen) atoms. The van der Waals surface area contributed by atoms with E-state index in [1.54, 1.807) is 13.8 Å². The second-order valence-electron chi connectivity index (χ2n) is 25.2. The van der Waals surface area contributed by atoms with E-state index in [0.717, 1.165) is 35.5 Å². The lowest BCUT2D eigenvalue weighted by Crippen LogP contribution is -2.53. The maximum Gasteiger partial charge on any atom is 0.217 e. The number of carbonyl (C=O) groups excluding carboxylic acids is 2. The van der Waals surface area contributed by atoms with E-state index in [4.69, 9.17) is 4.74 Å². The van der Waals surface area contributed by atoms with Crippen LogP contribution in [0.15, 0.2) is 23.3 Å². The highest BCUT2D eigenvalue weighted by Crippen LogP contribution is 2.69. The van der Waals surface area contributed by atoms with Gasteiger partial charge in [0, 0.05) is 25.9 Å². The molecule has 6 saturated carbocycles. The summed E-state index contributed by atoms with van der Waals surface area (Å²) < 4.78 is 10.4. The molecule has 8 rings (SSSR count). The van der Waals surface area contributed by atoms with Crippen molar-refractivity contribution in [2.45, 2.75) is 234 Å². The normalized spacial score (nSPS) is 42.6. The average molecular weight is 1120 g/mol. The highest BCUT2D eigenvalue weighted by atomic mass is 127. The minimum Gasteiger partial charge on any atom is -0.374 e. The molecular formula is C58H94I2N2O3. The largest absolute Gasteiger partial charge is 0.374 e. The molecule has 5 nitrogen and oxygen atoms in total. The quantitative estimate of drug-likeness (QED) is 0.0622. The van der Waals surface area contributed by atoms with Crippen molar-refractivity contribution in [3.05, 3.63) is 23.3 Å². The zero-order chi connectivity index (χ0) is 46.3. The number of hydrogen-bond acceptors (Lipinski definition) is 3. The van der Waals surface area contributed by atoms with Crippen LogP contribution in [0, 0.1) is 80.8 Å². The van der Waals surface area contributed by atoms with Crippen molar-refractivity contribution in [2.24, 2.45) is 80.8 Å². The first-order valence-electron chi connectivity index (χ1n) is 27.8.